The molecule has 1 amide bonds. The van der Waals surface area contributed by atoms with Crippen molar-refractivity contribution in [3.63, 3.8) is 0 Å². The number of aromatic nitrogens is 3. The van der Waals surface area contributed by atoms with Crippen LogP contribution in [0.5, 0.6) is 0 Å². The number of nitrogens with one attached hydrogen (secondary N) is 1. The maximum atomic E-state index is 12.3. The standard InChI is InChI=1S/C16H21N5O/c1-12(18-15(22)16(17)9-5-6-10-16)14-11-21(20-19-14)13-7-3-2-4-8-13/h2-4,7-8,11-12H,5-6,9-10,17H2,1H3,(H,18,22). The maximum absolute atomic E-state index is 12.3. The summed E-state index contributed by atoms with van der Waals surface area (Å²) in [5.41, 5.74) is 7.11. The normalized spacial score (nSPS) is 18.1. The first-order valence-electron chi connectivity index (χ1n) is 7.66. The predicted molar refractivity (Wildman–Crippen MR) is 83.3 cm³/mol. The van der Waals surface area contributed by atoms with Gasteiger partial charge in [0.1, 0.15) is 5.69 Å². The third-order valence-corrected chi connectivity index (χ3v) is 4.27. The molecule has 1 aromatic heterocycles. The zero-order chi connectivity index (χ0) is 15.6. The number of nitrogens with two attached hydrogens (primary N) is 1. The molecule has 6 nitrogen and oxygen atoms in total. The predicted octanol–water partition coefficient (Wildman–Crippen LogP) is 1.72. The molecular formula is C16H21N5O. The lowest BCUT2D eigenvalue weighted by Gasteiger charge is -2.24. The van der Waals surface area contributed by atoms with E-state index in [2.05, 4.69) is 15.6 Å². The van der Waals surface area contributed by atoms with Crippen molar-refractivity contribution in [3.05, 3.63) is 42.2 Å². The molecule has 1 fully saturated rings. The number of carbonyl (C=O) groups excluding carboxylic acids is 1. The van der Waals surface area contributed by atoms with E-state index in [1.54, 1.807) is 4.68 Å². The van der Waals surface area contributed by atoms with Crippen LogP contribution in [0.15, 0.2) is 36.5 Å². The fraction of sp³-hybridized carbons (Fsp3) is 0.438. The molecule has 1 heterocycles. The first-order chi connectivity index (χ1) is 10.6. The van der Waals surface area contributed by atoms with Gasteiger partial charge in [-0.05, 0) is 31.9 Å². The SMILES string of the molecule is CC(NC(=O)C1(N)CCCC1)c1cn(-c2ccccc2)nn1. The molecule has 1 unspecified atom stereocenters. The average Bonchev–Trinajstić information content (AvgIpc) is 3.18. The van der Waals surface area contributed by atoms with E-state index in [0.29, 0.717) is 0 Å². The summed E-state index contributed by atoms with van der Waals surface area (Å²) in [6.45, 7) is 1.90. The van der Waals surface area contributed by atoms with Gasteiger partial charge in [0.15, 0.2) is 0 Å². The highest BCUT2D eigenvalue weighted by atomic mass is 16.2. The molecule has 6 heteroatoms. The van der Waals surface area contributed by atoms with Gasteiger partial charge in [0.25, 0.3) is 0 Å². The molecule has 22 heavy (non-hydrogen) atoms. The minimum absolute atomic E-state index is 0.0910. The van der Waals surface area contributed by atoms with Crippen molar-refractivity contribution >= 4 is 5.91 Å². The van der Waals surface area contributed by atoms with Crippen LogP contribution in [0.4, 0.5) is 0 Å². The highest BCUT2D eigenvalue weighted by molar-refractivity contribution is 5.86. The Bertz CT molecular complexity index is 646. The molecule has 1 atom stereocenters. The van der Waals surface area contributed by atoms with Gasteiger partial charge in [0.05, 0.1) is 23.5 Å². The van der Waals surface area contributed by atoms with Gasteiger partial charge in [0, 0.05) is 0 Å². The number of rotatable bonds is 4. The Hall–Kier alpha value is -2.21. The third kappa shape index (κ3) is 2.87. The monoisotopic (exact) mass is 299 g/mol. The van der Waals surface area contributed by atoms with E-state index in [0.717, 1.165) is 37.1 Å². The molecule has 3 N–H and O–H groups in total. The van der Waals surface area contributed by atoms with Gasteiger partial charge in [-0.2, -0.15) is 0 Å². The molecule has 1 saturated carbocycles. The Balaban J connectivity index is 1.69. The van der Waals surface area contributed by atoms with Gasteiger partial charge >= 0.3 is 0 Å². The third-order valence-electron chi connectivity index (χ3n) is 4.27. The number of carbonyl (C=O) groups is 1. The number of benzene rings is 1. The highest BCUT2D eigenvalue weighted by Crippen LogP contribution is 2.28. The molecule has 0 spiro atoms. The van der Waals surface area contributed by atoms with Crippen LogP contribution in [0.3, 0.4) is 0 Å². The Morgan fingerprint density at radius 1 is 1.32 bits per heavy atom. The molecule has 1 aromatic carbocycles. The lowest BCUT2D eigenvalue weighted by molar-refractivity contribution is -0.126. The van der Waals surface area contributed by atoms with Crippen LogP contribution in [-0.2, 0) is 4.79 Å². The highest BCUT2D eigenvalue weighted by Gasteiger charge is 2.37. The van der Waals surface area contributed by atoms with E-state index in [1.165, 1.54) is 0 Å². The minimum atomic E-state index is -0.719. The molecule has 3 rings (SSSR count). The van der Waals surface area contributed by atoms with E-state index in [1.807, 2.05) is 43.5 Å². The quantitative estimate of drug-likeness (QED) is 0.900. The smallest absolute Gasteiger partial charge is 0.240 e. The van der Waals surface area contributed by atoms with Gasteiger partial charge in [-0.3, -0.25) is 4.79 Å². The summed E-state index contributed by atoms with van der Waals surface area (Å²) >= 11 is 0. The molecule has 1 aliphatic rings. The van der Waals surface area contributed by atoms with Crippen LogP contribution in [0.2, 0.25) is 0 Å². The second-order valence-electron chi connectivity index (χ2n) is 5.98. The van der Waals surface area contributed by atoms with Crippen LogP contribution < -0.4 is 11.1 Å². The topological polar surface area (TPSA) is 85.8 Å². The number of amides is 1. The zero-order valence-electron chi connectivity index (χ0n) is 12.7. The summed E-state index contributed by atoms with van der Waals surface area (Å²) in [5.74, 6) is -0.0910. The number of hydrogen-bond acceptors (Lipinski definition) is 4. The second-order valence-corrected chi connectivity index (χ2v) is 5.98. The largest absolute Gasteiger partial charge is 0.346 e. The first kappa shape index (κ1) is 14.7. The van der Waals surface area contributed by atoms with Crippen LogP contribution in [-0.4, -0.2) is 26.4 Å². The second kappa shape index (κ2) is 5.88. The van der Waals surface area contributed by atoms with Gasteiger partial charge in [-0.1, -0.05) is 36.3 Å². The summed E-state index contributed by atoms with van der Waals surface area (Å²) in [6.07, 6.45) is 5.37. The Labute approximate surface area is 129 Å². The van der Waals surface area contributed by atoms with Gasteiger partial charge in [-0.15, -0.1) is 5.10 Å². The molecule has 0 bridgehead atoms. The van der Waals surface area contributed by atoms with Crippen molar-refractivity contribution in [1.29, 1.82) is 0 Å². The molecule has 2 aromatic rings. The first-order valence-corrected chi connectivity index (χ1v) is 7.66. The molecule has 0 aliphatic heterocycles. The fourth-order valence-electron chi connectivity index (χ4n) is 2.83. The summed E-state index contributed by atoms with van der Waals surface area (Å²) in [7, 11) is 0. The number of hydrogen-bond donors (Lipinski definition) is 2. The van der Waals surface area contributed by atoms with Crippen LogP contribution in [0, 0.1) is 0 Å². The van der Waals surface area contributed by atoms with E-state index in [-0.39, 0.29) is 11.9 Å². The molecule has 0 saturated heterocycles. The zero-order valence-corrected chi connectivity index (χ0v) is 12.7. The van der Waals surface area contributed by atoms with Crippen LogP contribution >= 0.6 is 0 Å². The van der Waals surface area contributed by atoms with Gasteiger partial charge in [0.2, 0.25) is 5.91 Å². The van der Waals surface area contributed by atoms with Crippen molar-refractivity contribution in [2.75, 3.05) is 0 Å². The summed E-state index contributed by atoms with van der Waals surface area (Å²) in [6, 6.07) is 9.53. The van der Waals surface area contributed by atoms with E-state index >= 15 is 0 Å². The summed E-state index contributed by atoms with van der Waals surface area (Å²) < 4.78 is 1.70. The Morgan fingerprint density at radius 3 is 2.68 bits per heavy atom. The Kier molecular flexibility index (Phi) is 3.94. The Morgan fingerprint density at radius 2 is 2.00 bits per heavy atom. The molecule has 0 radical (unpaired) electrons. The van der Waals surface area contributed by atoms with Gasteiger partial charge in [-0.25, -0.2) is 4.68 Å². The van der Waals surface area contributed by atoms with Crippen molar-refractivity contribution in [3.8, 4) is 5.69 Å². The summed E-state index contributed by atoms with van der Waals surface area (Å²) in [5, 5.41) is 11.2. The molecule has 116 valence electrons. The number of para-hydroxylation sites is 1. The minimum Gasteiger partial charge on any atom is -0.346 e. The lowest BCUT2D eigenvalue weighted by atomic mass is 9.97. The van der Waals surface area contributed by atoms with E-state index in [4.69, 9.17) is 5.73 Å². The van der Waals surface area contributed by atoms with E-state index in [9.17, 15) is 4.79 Å². The maximum Gasteiger partial charge on any atom is 0.240 e. The van der Waals surface area contributed by atoms with Crippen molar-refractivity contribution in [2.45, 2.75) is 44.2 Å². The van der Waals surface area contributed by atoms with Gasteiger partial charge < -0.3 is 11.1 Å². The van der Waals surface area contributed by atoms with Crippen LogP contribution in [0.25, 0.3) is 5.69 Å². The molecular weight excluding hydrogens is 278 g/mol. The summed E-state index contributed by atoms with van der Waals surface area (Å²) in [4.78, 5) is 12.3. The average molecular weight is 299 g/mol. The van der Waals surface area contributed by atoms with Crippen molar-refractivity contribution in [1.82, 2.24) is 20.3 Å². The lowest BCUT2D eigenvalue weighted by Crippen LogP contribution is -2.52. The van der Waals surface area contributed by atoms with Crippen LogP contribution in [0.1, 0.15) is 44.3 Å². The number of nitrogens with zero attached hydrogens (tertiary/aromatic N) is 3. The van der Waals surface area contributed by atoms with Crippen molar-refractivity contribution in [2.24, 2.45) is 5.73 Å². The molecule has 1 aliphatic carbocycles. The fourth-order valence-corrected chi connectivity index (χ4v) is 2.83. The van der Waals surface area contributed by atoms with Crippen molar-refractivity contribution < 1.29 is 4.79 Å². The van der Waals surface area contributed by atoms with E-state index < -0.39 is 5.54 Å².